The topological polar surface area (TPSA) is 70.6 Å². The quantitative estimate of drug-likeness (QED) is 0.339. The second-order valence-electron chi connectivity index (χ2n) is 7.58. The molecule has 0 saturated heterocycles. The summed E-state index contributed by atoms with van der Waals surface area (Å²) in [5, 5.41) is 6.55. The fourth-order valence-electron chi connectivity index (χ4n) is 2.95. The standard InChI is InChI=1S/C17H35N3O2S.HI/c1-6-18-16(20-13-17(3,4)23(5,21)22)19-11-10-15-9-7-8-14(2)12-15;/h14-15H,6-13H2,1-5H3,(H2,18,19,20);1H. The molecular formula is C17H36IN3O2S. The normalized spacial score (nSPS) is 22.6. The van der Waals surface area contributed by atoms with E-state index in [2.05, 4.69) is 22.5 Å². The van der Waals surface area contributed by atoms with Crippen LogP contribution in [-0.2, 0) is 9.84 Å². The number of guanidine groups is 1. The van der Waals surface area contributed by atoms with Crippen molar-refractivity contribution in [3.05, 3.63) is 0 Å². The van der Waals surface area contributed by atoms with Gasteiger partial charge in [-0.2, -0.15) is 0 Å². The minimum atomic E-state index is -3.12. The Kier molecular flexibility index (Phi) is 10.8. The molecule has 1 rings (SSSR count). The van der Waals surface area contributed by atoms with Crippen LogP contribution in [0.25, 0.3) is 0 Å². The molecular weight excluding hydrogens is 437 g/mol. The van der Waals surface area contributed by atoms with Crippen LogP contribution < -0.4 is 10.6 Å². The molecule has 0 bridgehead atoms. The van der Waals surface area contributed by atoms with Gasteiger partial charge < -0.3 is 10.6 Å². The number of rotatable bonds is 7. The van der Waals surface area contributed by atoms with E-state index in [4.69, 9.17) is 0 Å². The van der Waals surface area contributed by atoms with E-state index >= 15 is 0 Å². The van der Waals surface area contributed by atoms with Crippen LogP contribution in [0.3, 0.4) is 0 Å². The number of halogens is 1. The number of sulfone groups is 1. The van der Waals surface area contributed by atoms with E-state index in [-0.39, 0.29) is 30.5 Å². The molecule has 5 nitrogen and oxygen atoms in total. The highest BCUT2D eigenvalue weighted by Crippen LogP contribution is 2.30. The minimum Gasteiger partial charge on any atom is -0.357 e. The fraction of sp³-hybridized carbons (Fsp3) is 0.941. The molecule has 0 radical (unpaired) electrons. The molecule has 24 heavy (non-hydrogen) atoms. The molecule has 0 heterocycles. The fourth-order valence-corrected chi connectivity index (χ4v) is 3.24. The predicted molar refractivity (Wildman–Crippen MR) is 114 cm³/mol. The van der Waals surface area contributed by atoms with E-state index in [1.807, 2.05) is 6.92 Å². The summed E-state index contributed by atoms with van der Waals surface area (Å²) < 4.78 is 22.7. The van der Waals surface area contributed by atoms with E-state index in [0.29, 0.717) is 5.96 Å². The summed E-state index contributed by atoms with van der Waals surface area (Å²) in [4.78, 5) is 4.46. The third kappa shape index (κ3) is 8.36. The summed E-state index contributed by atoms with van der Waals surface area (Å²) in [6.45, 7) is 9.73. The Balaban J connectivity index is 0.00000529. The predicted octanol–water partition coefficient (Wildman–Crippen LogP) is 3.20. The van der Waals surface area contributed by atoms with Crippen molar-refractivity contribution in [3.8, 4) is 0 Å². The summed E-state index contributed by atoms with van der Waals surface area (Å²) in [5.74, 6) is 2.38. The number of nitrogens with one attached hydrogen (secondary N) is 2. The largest absolute Gasteiger partial charge is 0.357 e. The lowest BCUT2D eigenvalue weighted by Gasteiger charge is -2.27. The smallest absolute Gasteiger partial charge is 0.191 e. The lowest BCUT2D eigenvalue weighted by Crippen LogP contribution is -2.41. The van der Waals surface area contributed by atoms with Crippen molar-refractivity contribution < 1.29 is 8.42 Å². The lowest BCUT2D eigenvalue weighted by molar-refractivity contribution is 0.270. The molecule has 7 heteroatoms. The van der Waals surface area contributed by atoms with Crippen molar-refractivity contribution >= 4 is 39.8 Å². The van der Waals surface area contributed by atoms with Crippen LogP contribution in [0.4, 0.5) is 0 Å². The highest BCUT2D eigenvalue weighted by Gasteiger charge is 2.30. The lowest BCUT2D eigenvalue weighted by atomic mass is 9.81. The molecule has 1 saturated carbocycles. The second-order valence-corrected chi connectivity index (χ2v) is 10.2. The first kappa shape index (κ1) is 23.9. The summed E-state index contributed by atoms with van der Waals surface area (Å²) in [5.41, 5.74) is 0. The van der Waals surface area contributed by atoms with Crippen molar-refractivity contribution in [1.29, 1.82) is 0 Å². The van der Waals surface area contributed by atoms with Gasteiger partial charge in [0.25, 0.3) is 0 Å². The van der Waals surface area contributed by atoms with Gasteiger partial charge in [0, 0.05) is 19.3 Å². The Morgan fingerprint density at radius 2 is 1.92 bits per heavy atom. The van der Waals surface area contributed by atoms with E-state index in [0.717, 1.165) is 31.3 Å². The number of nitrogens with zero attached hydrogens (tertiary/aromatic N) is 1. The van der Waals surface area contributed by atoms with Gasteiger partial charge in [0.2, 0.25) is 0 Å². The molecule has 0 amide bonds. The first-order valence-corrected chi connectivity index (χ1v) is 10.8. The third-order valence-electron chi connectivity index (χ3n) is 4.86. The second kappa shape index (κ2) is 10.8. The van der Waals surface area contributed by atoms with Crippen LogP contribution in [0, 0.1) is 11.8 Å². The Bertz CT molecular complexity index is 492. The third-order valence-corrected chi connectivity index (χ3v) is 6.99. The average molecular weight is 473 g/mol. The van der Waals surface area contributed by atoms with Crippen molar-refractivity contribution in [1.82, 2.24) is 10.6 Å². The maximum atomic E-state index is 11.8. The zero-order valence-corrected chi connectivity index (χ0v) is 19.0. The van der Waals surface area contributed by atoms with Crippen LogP contribution in [0.2, 0.25) is 0 Å². The van der Waals surface area contributed by atoms with E-state index in [1.165, 1.54) is 31.9 Å². The highest BCUT2D eigenvalue weighted by molar-refractivity contribution is 14.0. The first-order chi connectivity index (χ1) is 10.7. The van der Waals surface area contributed by atoms with Crippen LogP contribution in [-0.4, -0.2) is 45.0 Å². The highest BCUT2D eigenvalue weighted by atomic mass is 127. The average Bonchev–Trinajstić information content (AvgIpc) is 2.43. The maximum Gasteiger partial charge on any atom is 0.191 e. The molecule has 1 aliphatic rings. The van der Waals surface area contributed by atoms with Gasteiger partial charge in [-0.15, -0.1) is 24.0 Å². The van der Waals surface area contributed by atoms with Gasteiger partial charge in [-0.1, -0.05) is 26.2 Å². The summed E-state index contributed by atoms with van der Waals surface area (Å²) in [7, 11) is -3.12. The maximum absolute atomic E-state index is 11.8. The molecule has 0 spiro atoms. The van der Waals surface area contributed by atoms with Gasteiger partial charge in [0.1, 0.15) is 0 Å². The van der Waals surface area contributed by atoms with Gasteiger partial charge in [0.05, 0.1) is 11.3 Å². The number of hydrogen-bond donors (Lipinski definition) is 2. The molecule has 2 N–H and O–H groups in total. The van der Waals surface area contributed by atoms with Gasteiger partial charge in [0.15, 0.2) is 15.8 Å². The van der Waals surface area contributed by atoms with Gasteiger partial charge in [-0.3, -0.25) is 4.99 Å². The molecule has 0 aliphatic heterocycles. The molecule has 2 unspecified atom stereocenters. The Hall–Kier alpha value is -0.0500. The van der Waals surface area contributed by atoms with E-state index < -0.39 is 14.6 Å². The van der Waals surface area contributed by atoms with Crippen LogP contribution >= 0.6 is 24.0 Å². The zero-order valence-electron chi connectivity index (χ0n) is 15.9. The van der Waals surface area contributed by atoms with Crippen molar-refractivity contribution in [3.63, 3.8) is 0 Å². The molecule has 1 aliphatic carbocycles. The van der Waals surface area contributed by atoms with Crippen molar-refractivity contribution in [2.75, 3.05) is 25.9 Å². The Morgan fingerprint density at radius 1 is 1.25 bits per heavy atom. The van der Waals surface area contributed by atoms with Crippen molar-refractivity contribution in [2.24, 2.45) is 16.8 Å². The van der Waals surface area contributed by atoms with Gasteiger partial charge >= 0.3 is 0 Å². The zero-order chi connectivity index (χ0) is 17.5. The van der Waals surface area contributed by atoms with Crippen LogP contribution in [0.1, 0.15) is 59.8 Å². The Labute approximate surface area is 165 Å². The molecule has 1 fully saturated rings. The number of hydrogen-bond acceptors (Lipinski definition) is 3. The molecule has 0 aromatic rings. The molecule has 144 valence electrons. The van der Waals surface area contributed by atoms with Crippen molar-refractivity contribution in [2.45, 2.75) is 64.5 Å². The van der Waals surface area contributed by atoms with Crippen LogP contribution in [0.15, 0.2) is 4.99 Å². The first-order valence-electron chi connectivity index (χ1n) is 8.87. The van der Waals surface area contributed by atoms with E-state index in [1.54, 1.807) is 13.8 Å². The number of aliphatic imine (C=N–C) groups is 1. The summed E-state index contributed by atoms with van der Waals surface area (Å²) in [6, 6.07) is 0. The monoisotopic (exact) mass is 473 g/mol. The Morgan fingerprint density at radius 3 is 2.46 bits per heavy atom. The molecule has 0 aromatic heterocycles. The molecule has 2 atom stereocenters. The summed E-state index contributed by atoms with van der Waals surface area (Å²) >= 11 is 0. The van der Waals surface area contributed by atoms with Gasteiger partial charge in [-0.25, -0.2) is 8.42 Å². The molecule has 0 aromatic carbocycles. The van der Waals surface area contributed by atoms with E-state index in [9.17, 15) is 8.42 Å². The minimum absolute atomic E-state index is 0. The van der Waals surface area contributed by atoms with Crippen LogP contribution in [0.5, 0.6) is 0 Å². The van der Waals surface area contributed by atoms with Gasteiger partial charge in [-0.05, 0) is 45.4 Å². The SMILES string of the molecule is CCNC(=NCC(C)(C)S(C)(=O)=O)NCCC1CCCC(C)C1.I. The summed E-state index contributed by atoms with van der Waals surface area (Å²) in [6.07, 6.45) is 7.81.